The van der Waals surface area contributed by atoms with Crippen molar-refractivity contribution < 1.29 is 14.8 Å². The van der Waals surface area contributed by atoms with E-state index < -0.39 is 11.0 Å². The third kappa shape index (κ3) is 3.95. The SMILES string of the molecule is O=C(c1cc([N+](=O)[O-])ccc1NCc1ccccc1)N1CC[C@@H](O)C1. The van der Waals surface area contributed by atoms with Crippen molar-refractivity contribution in [3.8, 4) is 0 Å². The average Bonchev–Trinajstić information content (AvgIpc) is 3.06. The molecular formula is C18H19N3O4. The number of β-amino-alcohol motifs (C(OH)–C–C–N with tert-alkyl or cyclic N) is 1. The van der Waals surface area contributed by atoms with Crippen molar-refractivity contribution in [3.63, 3.8) is 0 Å². The Labute approximate surface area is 145 Å². The van der Waals surface area contributed by atoms with Crippen LogP contribution < -0.4 is 5.32 Å². The highest BCUT2D eigenvalue weighted by Gasteiger charge is 2.28. The van der Waals surface area contributed by atoms with E-state index in [0.717, 1.165) is 5.56 Å². The van der Waals surface area contributed by atoms with Crippen molar-refractivity contribution in [2.45, 2.75) is 19.1 Å². The van der Waals surface area contributed by atoms with Gasteiger partial charge >= 0.3 is 0 Å². The van der Waals surface area contributed by atoms with Crippen molar-refractivity contribution in [1.82, 2.24) is 4.90 Å². The molecule has 0 radical (unpaired) electrons. The zero-order valence-corrected chi connectivity index (χ0v) is 13.6. The highest BCUT2D eigenvalue weighted by atomic mass is 16.6. The predicted molar refractivity (Wildman–Crippen MR) is 93.4 cm³/mol. The third-order valence-electron chi connectivity index (χ3n) is 4.22. The minimum atomic E-state index is -0.539. The zero-order chi connectivity index (χ0) is 17.8. The first-order valence-corrected chi connectivity index (χ1v) is 8.08. The molecule has 2 N–H and O–H groups in total. The van der Waals surface area contributed by atoms with E-state index in [9.17, 15) is 20.0 Å². The van der Waals surface area contributed by atoms with Gasteiger partial charge in [-0.25, -0.2) is 0 Å². The van der Waals surface area contributed by atoms with Crippen LogP contribution in [-0.2, 0) is 6.54 Å². The molecule has 25 heavy (non-hydrogen) atoms. The van der Waals surface area contributed by atoms with E-state index in [1.165, 1.54) is 17.0 Å². The summed E-state index contributed by atoms with van der Waals surface area (Å²) in [5.41, 5.74) is 1.70. The van der Waals surface area contributed by atoms with Gasteiger partial charge in [-0.05, 0) is 18.1 Å². The third-order valence-corrected chi connectivity index (χ3v) is 4.22. The van der Waals surface area contributed by atoms with E-state index in [2.05, 4.69) is 5.32 Å². The maximum Gasteiger partial charge on any atom is 0.270 e. The largest absolute Gasteiger partial charge is 0.391 e. The summed E-state index contributed by atoms with van der Waals surface area (Å²) in [7, 11) is 0. The van der Waals surface area contributed by atoms with E-state index in [-0.39, 0.29) is 23.7 Å². The summed E-state index contributed by atoms with van der Waals surface area (Å²) in [4.78, 5) is 24.8. The van der Waals surface area contributed by atoms with Crippen LogP contribution in [0.25, 0.3) is 0 Å². The molecule has 3 rings (SSSR count). The van der Waals surface area contributed by atoms with Gasteiger partial charge in [0.05, 0.1) is 16.6 Å². The lowest BCUT2D eigenvalue weighted by molar-refractivity contribution is -0.384. The molecule has 7 nitrogen and oxygen atoms in total. The molecule has 7 heteroatoms. The number of nitrogens with one attached hydrogen (secondary N) is 1. The van der Waals surface area contributed by atoms with Crippen molar-refractivity contribution in [2.24, 2.45) is 0 Å². The van der Waals surface area contributed by atoms with E-state index >= 15 is 0 Å². The number of anilines is 1. The maximum absolute atomic E-state index is 12.8. The number of aliphatic hydroxyl groups is 1. The van der Waals surface area contributed by atoms with Crippen LogP contribution in [0, 0.1) is 10.1 Å². The average molecular weight is 341 g/mol. The van der Waals surface area contributed by atoms with E-state index in [0.29, 0.717) is 25.2 Å². The molecule has 1 amide bonds. The lowest BCUT2D eigenvalue weighted by Gasteiger charge is -2.18. The van der Waals surface area contributed by atoms with E-state index in [1.54, 1.807) is 6.07 Å². The Kier molecular flexibility index (Phi) is 4.95. The molecule has 0 unspecified atom stereocenters. The standard InChI is InChI=1S/C18H19N3O4/c22-15-8-9-20(12-15)18(23)16-10-14(21(24)25)6-7-17(16)19-11-13-4-2-1-3-5-13/h1-7,10,15,19,22H,8-9,11-12H2/t15-/m1/s1. The molecule has 2 aromatic carbocycles. The predicted octanol–water partition coefficient (Wildman–Crippen LogP) is 2.41. The molecule has 1 aliphatic heterocycles. The molecule has 130 valence electrons. The van der Waals surface area contributed by atoms with Gasteiger partial charge in [0, 0.05) is 37.5 Å². The van der Waals surface area contributed by atoms with Crippen molar-refractivity contribution in [1.29, 1.82) is 0 Å². The molecule has 1 aliphatic rings. The summed E-state index contributed by atoms with van der Waals surface area (Å²) >= 11 is 0. The summed E-state index contributed by atoms with van der Waals surface area (Å²) in [6.07, 6.45) is -0.0173. The van der Waals surface area contributed by atoms with Crippen LogP contribution in [0.4, 0.5) is 11.4 Å². The number of non-ortho nitro benzene ring substituents is 1. The van der Waals surface area contributed by atoms with Gasteiger partial charge < -0.3 is 15.3 Å². The number of likely N-dealkylation sites (tertiary alicyclic amines) is 1. The summed E-state index contributed by atoms with van der Waals surface area (Å²) < 4.78 is 0. The monoisotopic (exact) mass is 341 g/mol. The normalized spacial score (nSPS) is 16.7. The second-order valence-corrected chi connectivity index (χ2v) is 6.02. The molecule has 0 aliphatic carbocycles. The number of carbonyl (C=O) groups is 1. The van der Waals surface area contributed by atoms with Gasteiger partial charge in [0.1, 0.15) is 0 Å². The number of hydrogen-bond acceptors (Lipinski definition) is 5. The van der Waals surface area contributed by atoms with E-state index in [1.807, 2.05) is 30.3 Å². The Balaban J connectivity index is 1.86. The van der Waals surface area contributed by atoms with E-state index in [4.69, 9.17) is 0 Å². The fourth-order valence-electron chi connectivity index (χ4n) is 2.87. The Morgan fingerprint density at radius 2 is 2.04 bits per heavy atom. The van der Waals surface area contributed by atoms with Crippen LogP contribution in [0.1, 0.15) is 22.3 Å². The molecule has 0 aromatic heterocycles. The summed E-state index contributed by atoms with van der Waals surface area (Å²) in [6, 6.07) is 13.9. The number of nitro benzene ring substituents is 1. The molecule has 0 spiro atoms. The van der Waals surface area contributed by atoms with Crippen LogP contribution >= 0.6 is 0 Å². The Hall–Kier alpha value is -2.93. The maximum atomic E-state index is 12.8. The Morgan fingerprint density at radius 1 is 1.28 bits per heavy atom. The number of nitrogens with zero attached hydrogens (tertiary/aromatic N) is 2. The minimum absolute atomic E-state index is 0.131. The first kappa shape index (κ1) is 16.9. The highest BCUT2D eigenvalue weighted by molar-refractivity contribution is 6.00. The molecule has 1 fully saturated rings. The lowest BCUT2D eigenvalue weighted by atomic mass is 10.1. The van der Waals surface area contributed by atoms with Crippen LogP contribution in [0.5, 0.6) is 0 Å². The van der Waals surface area contributed by atoms with Gasteiger partial charge in [-0.15, -0.1) is 0 Å². The first-order valence-electron chi connectivity index (χ1n) is 8.08. The fourth-order valence-corrected chi connectivity index (χ4v) is 2.87. The van der Waals surface area contributed by atoms with Crippen LogP contribution in [0.2, 0.25) is 0 Å². The quantitative estimate of drug-likeness (QED) is 0.643. The number of amides is 1. The highest BCUT2D eigenvalue weighted by Crippen LogP contribution is 2.25. The van der Waals surface area contributed by atoms with Crippen LogP contribution in [-0.4, -0.2) is 40.0 Å². The Morgan fingerprint density at radius 3 is 2.68 bits per heavy atom. The van der Waals surface area contributed by atoms with Gasteiger partial charge in [0.25, 0.3) is 11.6 Å². The summed E-state index contributed by atoms with van der Waals surface area (Å²) in [5.74, 6) is -0.309. The molecule has 0 bridgehead atoms. The van der Waals surface area contributed by atoms with Gasteiger partial charge in [0.15, 0.2) is 0 Å². The Bertz CT molecular complexity index is 779. The smallest absolute Gasteiger partial charge is 0.270 e. The summed E-state index contributed by atoms with van der Waals surface area (Å²) in [5, 5.41) is 23.9. The van der Waals surface area contributed by atoms with Gasteiger partial charge in [-0.2, -0.15) is 0 Å². The molecular weight excluding hydrogens is 322 g/mol. The first-order chi connectivity index (χ1) is 12.0. The molecule has 0 saturated carbocycles. The number of aliphatic hydroxyl groups excluding tert-OH is 1. The van der Waals surface area contributed by atoms with Gasteiger partial charge in [0.2, 0.25) is 0 Å². The zero-order valence-electron chi connectivity index (χ0n) is 13.6. The number of carbonyl (C=O) groups excluding carboxylic acids is 1. The van der Waals surface area contributed by atoms with Gasteiger partial charge in [-0.3, -0.25) is 14.9 Å². The number of hydrogen-bond donors (Lipinski definition) is 2. The fraction of sp³-hybridized carbons (Fsp3) is 0.278. The second kappa shape index (κ2) is 7.31. The van der Waals surface area contributed by atoms with Crippen molar-refractivity contribution >= 4 is 17.3 Å². The van der Waals surface area contributed by atoms with Crippen LogP contribution in [0.15, 0.2) is 48.5 Å². The molecule has 1 saturated heterocycles. The molecule has 2 aromatic rings. The lowest BCUT2D eigenvalue weighted by Crippen LogP contribution is -2.30. The number of rotatable bonds is 5. The minimum Gasteiger partial charge on any atom is -0.391 e. The van der Waals surface area contributed by atoms with Gasteiger partial charge in [-0.1, -0.05) is 30.3 Å². The summed E-state index contributed by atoms with van der Waals surface area (Å²) in [6.45, 7) is 1.20. The van der Waals surface area contributed by atoms with Crippen molar-refractivity contribution in [2.75, 3.05) is 18.4 Å². The second-order valence-electron chi connectivity index (χ2n) is 6.02. The number of nitro groups is 1. The number of benzene rings is 2. The molecule has 1 atom stereocenters. The van der Waals surface area contributed by atoms with Crippen LogP contribution in [0.3, 0.4) is 0 Å². The van der Waals surface area contributed by atoms with Crippen molar-refractivity contribution in [3.05, 3.63) is 69.8 Å². The topological polar surface area (TPSA) is 95.7 Å². The molecule has 1 heterocycles.